The zero-order chi connectivity index (χ0) is 20.5. The first-order valence-corrected chi connectivity index (χ1v) is 11.0. The van der Waals surface area contributed by atoms with E-state index in [-0.39, 0.29) is 35.8 Å². The Morgan fingerprint density at radius 1 is 1.27 bits per heavy atom. The van der Waals surface area contributed by atoms with Gasteiger partial charge in [0, 0.05) is 38.0 Å². The first-order chi connectivity index (χ1) is 14.2. The molecule has 1 saturated heterocycles. The van der Waals surface area contributed by atoms with Crippen molar-refractivity contribution in [3.8, 4) is 0 Å². The molecule has 0 amide bonds. The van der Waals surface area contributed by atoms with Gasteiger partial charge in [-0.25, -0.2) is 9.37 Å². The van der Waals surface area contributed by atoms with E-state index in [0.717, 1.165) is 54.8 Å². The number of guanidine groups is 1. The van der Waals surface area contributed by atoms with E-state index in [1.165, 1.54) is 12.1 Å². The van der Waals surface area contributed by atoms with E-state index in [1.54, 1.807) is 11.3 Å². The van der Waals surface area contributed by atoms with Gasteiger partial charge in [0.1, 0.15) is 5.82 Å². The predicted molar refractivity (Wildman–Crippen MR) is 131 cm³/mol. The molecule has 1 aromatic heterocycles. The summed E-state index contributed by atoms with van der Waals surface area (Å²) in [4.78, 5) is 11.7. The number of thiazole rings is 1. The third-order valence-corrected chi connectivity index (χ3v) is 5.67. The summed E-state index contributed by atoms with van der Waals surface area (Å²) in [6.45, 7) is 9.37. The lowest BCUT2D eigenvalue weighted by atomic mass is 10.0. The van der Waals surface area contributed by atoms with Crippen LogP contribution in [-0.4, -0.2) is 61.8 Å². The molecule has 1 aliphatic rings. The average Bonchev–Trinajstić information content (AvgIpc) is 3.15. The maximum Gasteiger partial charge on any atom is 0.191 e. The molecule has 1 unspecified atom stereocenters. The standard InChI is InChI=1S/C21H30FN5OS.HI/c1-3-23-21(24-9-8-19-15-29-16(2)26-19)25-14-20(27-10-12-28-13-11-27)17-4-6-18(22)7-5-17;/h4-7,15,20H,3,8-14H2,1-2H3,(H2,23,24,25);1H. The van der Waals surface area contributed by atoms with Crippen LogP contribution >= 0.6 is 35.3 Å². The molecule has 9 heteroatoms. The van der Waals surface area contributed by atoms with Gasteiger partial charge in [0.15, 0.2) is 5.96 Å². The summed E-state index contributed by atoms with van der Waals surface area (Å²) in [6.07, 6.45) is 0.861. The minimum atomic E-state index is -0.217. The molecule has 30 heavy (non-hydrogen) atoms. The largest absolute Gasteiger partial charge is 0.379 e. The normalized spacial score (nSPS) is 16.0. The molecule has 0 spiro atoms. The fourth-order valence-corrected chi connectivity index (χ4v) is 4.00. The van der Waals surface area contributed by atoms with Crippen molar-refractivity contribution >= 4 is 41.3 Å². The molecule has 0 saturated carbocycles. The van der Waals surface area contributed by atoms with E-state index in [9.17, 15) is 4.39 Å². The summed E-state index contributed by atoms with van der Waals surface area (Å²) in [5.74, 6) is 0.574. The Labute approximate surface area is 199 Å². The molecule has 2 aromatic rings. The molecule has 3 rings (SSSR count). The van der Waals surface area contributed by atoms with Crippen molar-refractivity contribution in [1.29, 1.82) is 0 Å². The van der Waals surface area contributed by atoms with Gasteiger partial charge in [-0.1, -0.05) is 12.1 Å². The molecule has 1 aliphatic heterocycles. The molecule has 2 N–H and O–H groups in total. The number of aliphatic imine (C=N–C) groups is 1. The van der Waals surface area contributed by atoms with Crippen LogP contribution in [0.2, 0.25) is 0 Å². The smallest absolute Gasteiger partial charge is 0.191 e. The number of rotatable bonds is 8. The Kier molecular flexibility index (Phi) is 11.0. The number of benzene rings is 1. The molecule has 1 aromatic carbocycles. The Hall–Kier alpha value is -1.30. The molecule has 1 fully saturated rings. The van der Waals surface area contributed by atoms with Gasteiger partial charge in [-0.3, -0.25) is 9.89 Å². The highest BCUT2D eigenvalue weighted by atomic mass is 127. The summed E-state index contributed by atoms with van der Waals surface area (Å²) >= 11 is 1.67. The molecule has 0 bridgehead atoms. The zero-order valence-corrected chi connectivity index (χ0v) is 20.7. The highest BCUT2D eigenvalue weighted by Crippen LogP contribution is 2.22. The van der Waals surface area contributed by atoms with Crippen LogP contribution in [0, 0.1) is 12.7 Å². The summed E-state index contributed by atoms with van der Waals surface area (Å²) in [5.41, 5.74) is 2.18. The third kappa shape index (κ3) is 7.75. The Morgan fingerprint density at radius 3 is 2.63 bits per heavy atom. The summed E-state index contributed by atoms with van der Waals surface area (Å²) in [5, 5.41) is 9.90. The zero-order valence-electron chi connectivity index (χ0n) is 17.6. The number of aromatic nitrogens is 1. The molecule has 6 nitrogen and oxygen atoms in total. The lowest BCUT2D eigenvalue weighted by molar-refractivity contribution is 0.0179. The minimum absolute atomic E-state index is 0. The van der Waals surface area contributed by atoms with Gasteiger partial charge in [-0.2, -0.15) is 0 Å². The lowest BCUT2D eigenvalue weighted by Crippen LogP contribution is -2.42. The Bertz CT molecular complexity index is 780. The van der Waals surface area contributed by atoms with Crippen LogP contribution in [0.4, 0.5) is 4.39 Å². The van der Waals surface area contributed by atoms with Gasteiger partial charge in [-0.15, -0.1) is 35.3 Å². The minimum Gasteiger partial charge on any atom is -0.379 e. The van der Waals surface area contributed by atoms with Crippen molar-refractivity contribution in [2.45, 2.75) is 26.3 Å². The first kappa shape index (κ1) is 25.0. The fourth-order valence-electron chi connectivity index (χ4n) is 3.36. The van der Waals surface area contributed by atoms with E-state index in [0.29, 0.717) is 19.8 Å². The van der Waals surface area contributed by atoms with Crippen LogP contribution in [0.15, 0.2) is 34.6 Å². The van der Waals surface area contributed by atoms with Crippen molar-refractivity contribution in [3.63, 3.8) is 0 Å². The monoisotopic (exact) mass is 547 g/mol. The second-order valence-electron chi connectivity index (χ2n) is 6.97. The number of morpholine rings is 1. The van der Waals surface area contributed by atoms with Crippen molar-refractivity contribution in [2.75, 3.05) is 45.9 Å². The SMILES string of the molecule is CCNC(=NCC(c1ccc(F)cc1)N1CCOCC1)NCCc1csc(C)n1.I. The highest BCUT2D eigenvalue weighted by Gasteiger charge is 2.22. The molecule has 166 valence electrons. The number of ether oxygens (including phenoxy) is 1. The van der Waals surface area contributed by atoms with Crippen molar-refractivity contribution in [1.82, 2.24) is 20.5 Å². The average molecular weight is 547 g/mol. The molecule has 0 aliphatic carbocycles. The molecule has 0 radical (unpaired) electrons. The first-order valence-electron chi connectivity index (χ1n) is 10.2. The maximum absolute atomic E-state index is 13.4. The van der Waals surface area contributed by atoms with E-state index in [4.69, 9.17) is 9.73 Å². The Morgan fingerprint density at radius 2 is 2.00 bits per heavy atom. The number of halogens is 2. The number of hydrogen-bond acceptors (Lipinski definition) is 5. The van der Waals surface area contributed by atoms with Crippen LogP contribution in [-0.2, 0) is 11.2 Å². The van der Waals surface area contributed by atoms with E-state index >= 15 is 0 Å². The van der Waals surface area contributed by atoms with Gasteiger partial charge in [0.05, 0.1) is 36.5 Å². The molecule has 2 heterocycles. The van der Waals surface area contributed by atoms with Gasteiger partial charge in [0.25, 0.3) is 0 Å². The predicted octanol–water partition coefficient (Wildman–Crippen LogP) is 3.38. The Balaban J connectivity index is 0.00000320. The van der Waals surface area contributed by atoms with Gasteiger partial charge in [-0.05, 0) is 31.5 Å². The number of nitrogens with one attached hydrogen (secondary N) is 2. The topological polar surface area (TPSA) is 61.8 Å². The second-order valence-corrected chi connectivity index (χ2v) is 8.03. The van der Waals surface area contributed by atoms with Crippen LogP contribution in [0.5, 0.6) is 0 Å². The van der Waals surface area contributed by atoms with Crippen LogP contribution in [0.3, 0.4) is 0 Å². The molecular formula is C21H31FIN5OS. The quantitative estimate of drug-likeness (QED) is 0.302. The third-order valence-electron chi connectivity index (χ3n) is 4.85. The fraction of sp³-hybridized carbons (Fsp3) is 0.524. The van der Waals surface area contributed by atoms with Crippen molar-refractivity contribution in [2.24, 2.45) is 4.99 Å². The second kappa shape index (κ2) is 13.2. The van der Waals surface area contributed by atoms with Crippen LogP contribution in [0.1, 0.15) is 29.2 Å². The maximum atomic E-state index is 13.4. The summed E-state index contributed by atoms with van der Waals surface area (Å²) in [7, 11) is 0. The van der Waals surface area contributed by atoms with E-state index in [1.807, 2.05) is 19.1 Å². The van der Waals surface area contributed by atoms with Crippen LogP contribution in [0.25, 0.3) is 0 Å². The molecule has 1 atom stereocenters. The van der Waals surface area contributed by atoms with E-state index < -0.39 is 0 Å². The number of aryl methyl sites for hydroxylation is 1. The van der Waals surface area contributed by atoms with Crippen molar-refractivity contribution < 1.29 is 9.13 Å². The van der Waals surface area contributed by atoms with Gasteiger partial charge in [0.2, 0.25) is 0 Å². The number of hydrogen-bond donors (Lipinski definition) is 2. The van der Waals surface area contributed by atoms with Gasteiger partial charge >= 0.3 is 0 Å². The number of nitrogens with zero attached hydrogens (tertiary/aromatic N) is 3. The van der Waals surface area contributed by atoms with Crippen molar-refractivity contribution in [3.05, 3.63) is 51.7 Å². The van der Waals surface area contributed by atoms with E-state index in [2.05, 4.69) is 32.8 Å². The summed E-state index contributed by atoms with van der Waals surface area (Å²) < 4.78 is 18.9. The van der Waals surface area contributed by atoms with Gasteiger partial charge < -0.3 is 15.4 Å². The lowest BCUT2D eigenvalue weighted by Gasteiger charge is -2.34. The molecular weight excluding hydrogens is 516 g/mol. The van der Waals surface area contributed by atoms with Crippen LogP contribution < -0.4 is 10.6 Å². The highest BCUT2D eigenvalue weighted by molar-refractivity contribution is 14.0. The summed E-state index contributed by atoms with van der Waals surface area (Å²) in [6, 6.07) is 6.85.